The highest BCUT2D eigenvalue weighted by Crippen LogP contribution is 2.24. The van der Waals surface area contributed by atoms with Crippen LogP contribution in [0.5, 0.6) is 5.75 Å². The summed E-state index contributed by atoms with van der Waals surface area (Å²) in [5, 5.41) is 0. The van der Waals surface area contributed by atoms with Crippen LogP contribution in [-0.4, -0.2) is 29.7 Å². The maximum atomic E-state index is 11.6. The Morgan fingerprint density at radius 3 is 2.78 bits per heavy atom. The highest BCUT2D eigenvalue weighted by Gasteiger charge is 2.19. The van der Waals surface area contributed by atoms with Gasteiger partial charge in [-0.2, -0.15) is 0 Å². The lowest BCUT2D eigenvalue weighted by atomic mass is 10.2. The number of hydrogen-bond acceptors (Lipinski definition) is 4. The average Bonchev–Trinajstić information content (AvgIpc) is 2.71. The molecule has 0 spiro atoms. The molecule has 0 amide bonds. The Labute approximate surface area is 109 Å². The number of nitrogens with one attached hydrogen (secondary N) is 1. The molecule has 0 aliphatic rings. The first-order valence-corrected chi connectivity index (χ1v) is 5.85. The SMILES string of the molecule is COC(=O)C(C)n1c(=S)[nH]c2ccc(OC)cc21. The Hall–Kier alpha value is -1.82. The molecule has 0 bridgehead atoms. The van der Waals surface area contributed by atoms with Crippen molar-refractivity contribution in [1.29, 1.82) is 0 Å². The Morgan fingerprint density at radius 2 is 2.17 bits per heavy atom. The first-order valence-electron chi connectivity index (χ1n) is 5.44. The minimum Gasteiger partial charge on any atom is -0.497 e. The second-order valence-electron chi connectivity index (χ2n) is 3.88. The highest BCUT2D eigenvalue weighted by molar-refractivity contribution is 7.71. The average molecular weight is 266 g/mol. The van der Waals surface area contributed by atoms with E-state index in [9.17, 15) is 4.79 Å². The number of methoxy groups -OCH3 is 2. The molecule has 1 heterocycles. The van der Waals surface area contributed by atoms with Gasteiger partial charge in [-0.3, -0.25) is 0 Å². The van der Waals surface area contributed by atoms with Crippen LogP contribution in [0.15, 0.2) is 18.2 Å². The summed E-state index contributed by atoms with van der Waals surface area (Å²) in [6.07, 6.45) is 0. The quantitative estimate of drug-likeness (QED) is 0.685. The summed E-state index contributed by atoms with van der Waals surface area (Å²) in [6, 6.07) is 5.05. The summed E-state index contributed by atoms with van der Waals surface area (Å²) in [5.41, 5.74) is 1.67. The first kappa shape index (κ1) is 12.6. The van der Waals surface area contributed by atoms with Gasteiger partial charge in [-0.1, -0.05) is 0 Å². The maximum absolute atomic E-state index is 11.6. The van der Waals surface area contributed by atoms with Gasteiger partial charge < -0.3 is 19.0 Å². The van der Waals surface area contributed by atoms with E-state index in [1.54, 1.807) is 18.6 Å². The van der Waals surface area contributed by atoms with E-state index in [-0.39, 0.29) is 5.97 Å². The van der Waals surface area contributed by atoms with Gasteiger partial charge in [0, 0.05) is 6.07 Å². The number of rotatable bonds is 3. The van der Waals surface area contributed by atoms with Crippen molar-refractivity contribution < 1.29 is 14.3 Å². The number of hydrogen-bond donors (Lipinski definition) is 1. The predicted octanol–water partition coefficient (Wildman–Crippen LogP) is 2.44. The van der Waals surface area contributed by atoms with E-state index in [4.69, 9.17) is 21.7 Å². The monoisotopic (exact) mass is 266 g/mol. The fraction of sp³-hybridized carbons (Fsp3) is 0.333. The van der Waals surface area contributed by atoms with Gasteiger partial charge in [-0.05, 0) is 31.3 Å². The maximum Gasteiger partial charge on any atom is 0.328 e. The second-order valence-corrected chi connectivity index (χ2v) is 4.27. The molecule has 1 atom stereocenters. The zero-order valence-corrected chi connectivity index (χ0v) is 11.2. The van der Waals surface area contributed by atoms with Gasteiger partial charge in [0.15, 0.2) is 4.77 Å². The molecule has 1 aromatic carbocycles. The zero-order chi connectivity index (χ0) is 13.3. The van der Waals surface area contributed by atoms with Crippen LogP contribution in [-0.2, 0) is 9.53 Å². The lowest BCUT2D eigenvalue weighted by molar-refractivity contribution is -0.143. The van der Waals surface area contributed by atoms with Crippen LogP contribution in [0, 0.1) is 4.77 Å². The third kappa shape index (κ3) is 1.99. The predicted molar refractivity (Wildman–Crippen MR) is 70.4 cm³/mol. The molecule has 0 aliphatic heterocycles. The molecule has 18 heavy (non-hydrogen) atoms. The number of nitrogens with zero attached hydrogens (tertiary/aromatic N) is 1. The molecule has 0 aliphatic carbocycles. The number of esters is 1. The molecule has 0 saturated heterocycles. The van der Waals surface area contributed by atoms with Crippen molar-refractivity contribution in [3.63, 3.8) is 0 Å². The van der Waals surface area contributed by atoms with Crippen molar-refractivity contribution in [2.45, 2.75) is 13.0 Å². The van der Waals surface area contributed by atoms with E-state index in [1.165, 1.54) is 7.11 Å². The fourth-order valence-corrected chi connectivity index (χ4v) is 2.26. The van der Waals surface area contributed by atoms with Gasteiger partial charge in [0.2, 0.25) is 0 Å². The highest BCUT2D eigenvalue weighted by atomic mass is 32.1. The molecule has 1 N–H and O–H groups in total. The molecule has 2 aromatic rings. The van der Waals surface area contributed by atoms with Crippen LogP contribution in [0.4, 0.5) is 0 Å². The van der Waals surface area contributed by atoms with E-state index in [1.807, 2.05) is 18.2 Å². The number of imidazole rings is 1. The van der Waals surface area contributed by atoms with Crippen LogP contribution in [0.25, 0.3) is 11.0 Å². The molecular formula is C12H14N2O3S. The molecule has 6 heteroatoms. The normalized spacial score (nSPS) is 12.4. The molecule has 2 rings (SSSR count). The molecule has 0 fully saturated rings. The number of carbonyl (C=O) groups is 1. The summed E-state index contributed by atoms with van der Waals surface area (Å²) >= 11 is 5.23. The number of aromatic nitrogens is 2. The molecule has 96 valence electrons. The van der Waals surface area contributed by atoms with E-state index < -0.39 is 6.04 Å². The molecule has 0 saturated carbocycles. The minimum absolute atomic E-state index is 0.338. The largest absolute Gasteiger partial charge is 0.497 e. The summed E-state index contributed by atoms with van der Waals surface area (Å²) in [5.74, 6) is 0.372. The first-order chi connectivity index (χ1) is 8.58. The van der Waals surface area contributed by atoms with Crippen LogP contribution in [0.3, 0.4) is 0 Å². The summed E-state index contributed by atoms with van der Waals surface area (Å²) < 4.78 is 12.1. The van der Waals surface area contributed by atoms with Crippen molar-refractivity contribution in [3.05, 3.63) is 23.0 Å². The van der Waals surface area contributed by atoms with Crippen LogP contribution in [0.2, 0.25) is 0 Å². The van der Waals surface area contributed by atoms with Crippen LogP contribution in [0.1, 0.15) is 13.0 Å². The zero-order valence-electron chi connectivity index (χ0n) is 10.4. The van der Waals surface area contributed by atoms with Crippen molar-refractivity contribution in [1.82, 2.24) is 9.55 Å². The second kappa shape index (κ2) is 4.81. The van der Waals surface area contributed by atoms with Crippen molar-refractivity contribution in [3.8, 4) is 5.75 Å². The Bertz CT molecular complexity index is 644. The molecular weight excluding hydrogens is 252 g/mol. The minimum atomic E-state index is -0.483. The summed E-state index contributed by atoms with van der Waals surface area (Å²) in [7, 11) is 2.95. The lowest BCUT2D eigenvalue weighted by Crippen LogP contribution is -2.17. The Kier molecular flexibility index (Phi) is 3.38. The lowest BCUT2D eigenvalue weighted by Gasteiger charge is -2.12. The van der Waals surface area contributed by atoms with Gasteiger partial charge in [0.25, 0.3) is 0 Å². The van der Waals surface area contributed by atoms with Crippen molar-refractivity contribution >= 4 is 29.2 Å². The summed E-state index contributed by atoms with van der Waals surface area (Å²) in [6.45, 7) is 1.74. The number of aromatic amines is 1. The summed E-state index contributed by atoms with van der Waals surface area (Å²) in [4.78, 5) is 14.7. The van der Waals surface area contributed by atoms with Gasteiger partial charge in [0.05, 0.1) is 25.3 Å². The fourth-order valence-electron chi connectivity index (χ4n) is 1.89. The topological polar surface area (TPSA) is 56.2 Å². The molecule has 1 aromatic heterocycles. The number of H-pyrrole nitrogens is 1. The van der Waals surface area contributed by atoms with E-state index in [0.717, 1.165) is 11.0 Å². The number of benzene rings is 1. The van der Waals surface area contributed by atoms with E-state index in [2.05, 4.69) is 4.98 Å². The van der Waals surface area contributed by atoms with Gasteiger partial charge in [0.1, 0.15) is 11.8 Å². The van der Waals surface area contributed by atoms with Crippen LogP contribution < -0.4 is 4.74 Å². The van der Waals surface area contributed by atoms with Gasteiger partial charge in [-0.15, -0.1) is 0 Å². The third-order valence-electron chi connectivity index (χ3n) is 2.85. The molecule has 1 unspecified atom stereocenters. The van der Waals surface area contributed by atoms with E-state index >= 15 is 0 Å². The van der Waals surface area contributed by atoms with Crippen molar-refractivity contribution in [2.24, 2.45) is 0 Å². The number of carbonyl (C=O) groups excluding carboxylic acids is 1. The Balaban J connectivity index is 2.65. The van der Waals surface area contributed by atoms with Crippen molar-refractivity contribution in [2.75, 3.05) is 14.2 Å². The smallest absolute Gasteiger partial charge is 0.328 e. The third-order valence-corrected chi connectivity index (χ3v) is 3.15. The Morgan fingerprint density at radius 1 is 1.44 bits per heavy atom. The van der Waals surface area contributed by atoms with Crippen LogP contribution >= 0.6 is 12.2 Å². The number of fused-ring (bicyclic) bond motifs is 1. The molecule has 5 nitrogen and oxygen atoms in total. The van der Waals surface area contributed by atoms with Gasteiger partial charge >= 0.3 is 5.97 Å². The van der Waals surface area contributed by atoms with Gasteiger partial charge in [-0.25, -0.2) is 4.79 Å². The standard InChI is InChI=1S/C12H14N2O3S/c1-7(11(15)17-3)14-10-6-8(16-2)4-5-9(10)13-12(14)18/h4-7H,1-3H3,(H,13,18). The molecule has 0 radical (unpaired) electrons. The van der Waals surface area contributed by atoms with E-state index in [0.29, 0.717) is 10.5 Å². The number of ether oxygens (including phenoxy) is 2.